The topological polar surface area (TPSA) is 42.0 Å². The fraction of sp³-hybridized carbons (Fsp3) is 0.381. The first-order valence-corrected chi connectivity index (χ1v) is 9.01. The number of carbonyl (C=O) groups is 1. The molecule has 1 amide bonds. The molecule has 0 spiro atoms. The van der Waals surface area contributed by atoms with Crippen molar-refractivity contribution in [1.82, 2.24) is 9.80 Å². The van der Waals surface area contributed by atoms with Crippen LogP contribution in [0, 0.1) is 6.92 Å². The van der Waals surface area contributed by atoms with E-state index in [1.165, 1.54) is 0 Å². The van der Waals surface area contributed by atoms with E-state index >= 15 is 0 Å². The van der Waals surface area contributed by atoms with Gasteiger partial charge in [-0.15, -0.1) is 0 Å². The van der Waals surface area contributed by atoms with Crippen LogP contribution in [0.15, 0.2) is 48.5 Å². The maximum Gasteiger partial charge on any atom is 0.254 e. The standard InChI is InChI=1S/C21H26N2O3/c1-17-6-3-4-9-20(17)26-15-14-22-10-12-23(13-11-22)21(24)18-7-5-8-19(16-18)25-2/h3-9,16H,10-15H2,1-2H3. The number of ether oxygens (including phenoxy) is 2. The van der Waals surface area contributed by atoms with Crippen molar-refractivity contribution in [3.8, 4) is 11.5 Å². The van der Waals surface area contributed by atoms with Crippen LogP contribution in [0.1, 0.15) is 15.9 Å². The van der Waals surface area contributed by atoms with Crippen LogP contribution < -0.4 is 9.47 Å². The summed E-state index contributed by atoms with van der Waals surface area (Å²) >= 11 is 0. The van der Waals surface area contributed by atoms with Crippen LogP contribution in [0.2, 0.25) is 0 Å². The average molecular weight is 354 g/mol. The van der Waals surface area contributed by atoms with Gasteiger partial charge in [-0.3, -0.25) is 9.69 Å². The first-order valence-electron chi connectivity index (χ1n) is 9.01. The molecule has 1 saturated heterocycles. The van der Waals surface area contributed by atoms with Crippen molar-refractivity contribution in [2.24, 2.45) is 0 Å². The molecule has 5 nitrogen and oxygen atoms in total. The van der Waals surface area contributed by atoms with Gasteiger partial charge in [0.05, 0.1) is 7.11 Å². The Kier molecular flexibility index (Phi) is 6.12. The second-order valence-electron chi connectivity index (χ2n) is 6.48. The number of hydrogen-bond donors (Lipinski definition) is 0. The summed E-state index contributed by atoms with van der Waals surface area (Å²) in [5.74, 6) is 1.72. The van der Waals surface area contributed by atoms with Crippen molar-refractivity contribution >= 4 is 5.91 Å². The molecule has 2 aromatic carbocycles. The van der Waals surface area contributed by atoms with E-state index < -0.39 is 0 Å². The lowest BCUT2D eigenvalue weighted by Crippen LogP contribution is -2.49. The lowest BCUT2D eigenvalue weighted by molar-refractivity contribution is 0.0620. The average Bonchev–Trinajstić information content (AvgIpc) is 2.69. The lowest BCUT2D eigenvalue weighted by atomic mass is 10.1. The molecule has 3 rings (SSSR count). The van der Waals surface area contributed by atoms with Gasteiger partial charge < -0.3 is 14.4 Å². The van der Waals surface area contributed by atoms with Crippen LogP contribution in [0.25, 0.3) is 0 Å². The number of para-hydroxylation sites is 1. The first-order chi connectivity index (χ1) is 12.7. The Labute approximate surface area is 155 Å². The second kappa shape index (κ2) is 8.72. The van der Waals surface area contributed by atoms with Crippen LogP contribution in [-0.2, 0) is 0 Å². The SMILES string of the molecule is COc1cccc(C(=O)N2CCN(CCOc3ccccc3C)CC2)c1. The summed E-state index contributed by atoms with van der Waals surface area (Å²) in [6.45, 7) is 6.79. The largest absolute Gasteiger partial charge is 0.497 e. The summed E-state index contributed by atoms with van der Waals surface area (Å²) in [4.78, 5) is 16.9. The Morgan fingerprint density at radius 3 is 2.54 bits per heavy atom. The first kappa shape index (κ1) is 18.3. The molecule has 0 atom stereocenters. The highest BCUT2D eigenvalue weighted by atomic mass is 16.5. The van der Waals surface area contributed by atoms with E-state index in [0.717, 1.165) is 44.0 Å². The molecule has 0 saturated carbocycles. The minimum absolute atomic E-state index is 0.0692. The number of aryl methyl sites for hydroxylation is 1. The highest BCUT2D eigenvalue weighted by Crippen LogP contribution is 2.17. The van der Waals surface area contributed by atoms with E-state index in [4.69, 9.17) is 9.47 Å². The van der Waals surface area contributed by atoms with Gasteiger partial charge in [-0.2, -0.15) is 0 Å². The second-order valence-corrected chi connectivity index (χ2v) is 6.48. The predicted octanol–water partition coefficient (Wildman–Crippen LogP) is 2.84. The van der Waals surface area contributed by atoms with Crippen molar-refractivity contribution in [2.45, 2.75) is 6.92 Å². The Balaban J connectivity index is 1.45. The van der Waals surface area contributed by atoms with E-state index in [0.29, 0.717) is 17.9 Å². The minimum atomic E-state index is 0.0692. The van der Waals surface area contributed by atoms with Crippen LogP contribution in [0.3, 0.4) is 0 Å². The highest BCUT2D eigenvalue weighted by Gasteiger charge is 2.22. The number of piperazine rings is 1. The maximum absolute atomic E-state index is 12.6. The van der Waals surface area contributed by atoms with Gasteiger partial charge in [0.1, 0.15) is 18.1 Å². The van der Waals surface area contributed by atoms with Crippen LogP contribution in [0.5, 0.6) is 11.5 Å². The van der Waals surface area contributed by atoms with Crippen LogP contribution >= 0.6 is 0 Å². The van der Waals surface area contributed by atoms with E-state index in [9.17, 15) is 4.79 Å². The molecule has 0 bridgehead atoms. The third kappa shape index (κ3) is 4.55. The summed E-state index contributed by atoms with van der Waals surface area (Å²) in [6.07, 6.45) is 0. The number of amides is 1. The molecular formula is C21H26N2O3. The summed E-state index contributed by atoms with van der Waals surface area (Å²) in [5.41, 5.74) is 1.84. The molecule has 0 unspecified atom stereocenters. The molecule has 0 N–H and O–H groups in total. The third-order valence-corrected chi connectivity index (χ3v) is 4.73. The third-order valence-electron chi connectivity index (χ3n) is 4.73. The molecule has 26 heavy (non-hydrogen) atoms. The van der Waals surface area contributed by atoms with Gasteiger partial charge in [0.25, 0.3) is 5.91 Å². The van der Waals surface area contributed by atoms with Crippen molar-refractivity contribution in [3.05, 3.63) is 59.7 Å². The zero-order valence-corrected chi connectivity index (χ0v) is 15.5. The van der Waals surface area contributed by atoms with Gasteiger partial charge in [0.2, 0.25) is 0 Å². The zero-order chi connectivity index (χ0) is 18.4. The van der Waals surface area contributed by atoms with Gasteiger partial charge >= 0.3 is 0 Å². The highest BCUT2D eigenvalue weighted by molar-refractivity contribution is 5.94. The fourth-order valence-electron chi connectivity index (χ4n) is 3.12. The summed E-state index contributed by atoms with van der Waals surface area (Å²) in [7, 11) is 1.61. The number of carbonyl (C=O) groups excluding carboxylic acids is 1. The van der Waals surface area contributed by atoms with E-state index in [1.807, 2.05) is 41.3 Å². The summed E-state index contributed by atoms with van der Waals surface area (Å²) < 4.78 is 11.1. The molecule has 1 aliphatic rings. The number of nitrogens with zero attached hydrogens (tertiary/aromatic N) is 2. The Hall–Kier alpha value is -2.53. The summed E-state index contributed by atoms with van der Waals surface area (Å²) in [5, 5.41) is 0. The summed E-state index contributed by atoms with van der Waals surface area (Å²) in [6, 6.07) is 15.4. The lowest BCUT2D eigenvalue weighted by Gasteiger charge is -2.34. The fourth-order valence-corrected chi connectivity index (χ4v) is 3.12. The van der Waals surface area contributed by atoms with E-state index in [1.54, 1.807) is 13.2 Å². The predicted molar refractivity (Wildman–Crippen MR) is 102 cm³/mol. The van der Waals surface area contributed by atoms with Crippen molar-refractivity contribution in [2.75, 3.05) is 46.4 Å². The molecular weight excluding hydrogens is 328 g/mol. The quantitative estimate of drug-likeness (QED) is 0.800. The molecule has 5 heteroatoms. The smallest absolute Gasteiger partial charge is 0.254 e. The normalized spacial score (nSPS) is 14.9. The van der Waals surface area contributed by atoms with Crippen LogP contribution in [0.4, 0.5) is 0 Å². The Morgan fingerprint density at radius 1 is 1.04 bits per heavy atom. The van der Waals surface area contributed by atoms with E-state index in [2.05, 4.69) is 17.9 Å². The molecule has 0 aliphatic carbocycles. The Morgan fingerprint density at radius 2 is 1.81 bits per heavy atom. The molecule has 0 radical (unpaired) electrons. The van der Waals surface area contributed by atoms with Crippen LogP contribution in [-0.4, -0.2) is 62.1 Å². The van der Waals surface area contributed by atoms with Gasteiger partial charge in [0.15, 0.2) is 0 Å². The molecule has 1 aliphatic heterocycles. The molecule has 138 valence electrons. The number of methoxy groups -OCH3 is 1. The van der Waals surface area contributed by atoms with Gasteiger partial charge in [0, 0.05) is 38.3 Å². The van der Waals surface area contributed by atoms with Gasteiger partial charge in [-0.1, -0.05) is 24.3 Å². The van der Waals surface area contributed by atoms with Crippen molar-refractivity contribution in [1.29, 1.82) is 0 Å². The van der Waals surface area contributed by atoms with E-state index in [-0.39, 0.29) is 5.91 Å². The zero-order valence-electron chi connectivity index (χ0n) is 15.5. The number of benzene rings is 2. The maximum atomic E-state index is 12.6. The Bertz CT molecular complexity index is 740. The van der Waals surface area contributed by atoms with Crippen molar-refractivity contribution in [3.63, 3.8) is 0 Å². The molecule has 2 aromatic rings. The molecule has 1 heterocycles. The number of rotatable bonds is 6. The molecule has 0 aromatic heterocycles. The van der Waals surface area contributed by atoms with Gasteiger partial charge in [-0.25, -0.2) is 0 Å². The van der Waals surface area contributed by atoms with Crippen molar-refractivity contribution < 1.29 is 14.3 Å². The molecule has 1 fully saturated rings. The monoisotopic (exact) mass is 354 g/mol. The van der Waals surface area contributed by atoms with Gasteiger partial charge in [-0.05, 0) is 36.8 Å². The number of hydrogen-bond acceptors (Lipinski definition) is 4. The minimum Gasteiger partial charge on any atom is -0.497 e.